The number of halogens is 1. The molecule has 0 spiro atoms. The van der Waals surface area contributed by atoms with E-state index in [1.165, 1.54) is 26.4 Å². The Morgan fingerprint density at radius 1 is 1.11 bits per heavy atom. The predicted molar refractivity (Wildman–Crippen MR) is 143 cm³/mol. The molecule has 38 heavy (non-hydrogen) atoms. The number of fused-ring (bicyclic) bond motifs is 1. The van der Waals surface area contributed by atoms with Gasteiger partial charge in [-0.15, -0.1) is 0 Å². The summed E-state index contributed by atoms with van der Waals surface area (Å²) in [5.41, 5.74) is 3.17. The van der Waals surface area contributed by atoms with Crippen LogP contribution in [0.25, 0.3) is 0 Å². The van der Waals surface area contributed by atoms with Crippen LogP contribution in [-0.4, -0.2) is 40.9 Å². The molecule has 3 aromatic rings. The number of carbonyl (C=O) groups excluding carboxylic acids is 1. The van der Waals surface area contributed by atoms with Crippen molar-refractivity contribution in [3.05, 3.63) is 89.0 Å². The van der Waals surface area contributed by atoms with Crippen molar-refractivity contribution < 1.29 is 34.0 Å². The second-order valence-electron chi connectivity index (χ2n) is 7.92. The summed E-state index contributed by atoms with van der Waals surface area (Å²) in [4.78, 5) is 33.9. The second kappa shape index (κ2) is 10.9. The molecule has 2 N–H and O–H groups in total. The smallest absolute Gasteiger partial charge is 0.343 e. The topological polar surface area (TPSA) is 176 Å². The Bertz CT molecular complexity index is 1490. The molecule has 0 radical (unpaired) electrons. The van der Waals surface area contributed by atoms with Crippen molar-refractivity contribution in [3.8, 4) is 17.2 Å². The summed E-state index contributed by atoms with van der Waals surface area (Å²) in [6.45, 7) is 0. The lowest BCUT2D eigenvalue weighted by molar-refractivity contribution is -0.393. The Morgan fingerprint density at radius 2 is 1.87 bits per heavy atom. The van der Waals surface area contributed by atoms with Gasteiger partial charge in [0.1, 0.15) is 23.1 Å². The van der Waals surface area contributed by atoms with Crippen molar-refractivity contribution in [1.82, 2.24) is 0 Å². The molecule has 0 saturated carbocycles. The summed E-state index contributed by atoms with van der Waals surface area (Å²) in [6.07, 6.45) is -0.737. The minimum atomic E-state index is -0.781. The third-order valence-electron chi connectivity index (χ3n) is 5.74. The van der Waals surface area contributed by atoms with Crippen LogP contribution in [0.5, 0.6) is 17.2 Å². The molecule has 1 aliphatic rings. The van der Waals surface area contributed by atoms with Crippen molar-refractivity contribution in [3.63, 3.8) is 0 Å². The number of nitrogens with one attached hydrogen (secondary N) is 1. The molecule has 0 aliphatic carbocycles. The summed E-state index contributed by atoms with van der Waals surface area (Å²) in [6, 6.07) is 11.1. The Kier molecular flexibility index (Phi) is 7.61. The third-order valence-corrected chi connectivity index (χ3v) is 6.60. The summed E-state index contributed by atoms with van der Waals surface area (Å²) in [5, 5.41) is 36.9. The second-order valence-corrected chi connectivity index (χ2v) is 9.08. The van der Waals surface area contributed by atoms with Crippen molar-refractivity contribution in [1.29, 1.82) is 0 Å². The number of nitro groups is 2. The number of hydrogen-bond acceptors (Lipinski definition) is 11. The van der Waals surface area contributed by atoms with Gasteiger partial charge >= 0.3 is 11.7 Å². The Morgan fingerprint density at radius 3 is 2.50 bits per heavy atom. The molecule has 1 unspecified atom stereocenters. The summed E-state index contributed by atoms with van der Waals surface area (Å²) >= 11 is 1.94. The first-order valence-corrected chi connectivity index (χ1v) is 11.9. The molecule has 3 aromatic carbocycles. The number of phenolic OH excluding ortho intramolecular Hbond substituents is 1. The number of carbonyl (C=O) groups is 1. The van der Waals surface area contributed by atoms with Gasteiger partial charge in [-0.3, -0.25) is 25.7 Å². The number of phenols is 1. The zero-order valence-corrected chi connectivity index (χ0v) is 22.0. The van der Waals surface area contributed by atoms with Crippen molar-refractivity contribution in [2.24, 2.45) is 5.10 Å². The van der Waals surface area contributed by atoms with Gasteiger partial charge in [0.05, 0.1) is 39.4 Å². The first kappa shape index (κ1) is 26.6. The van der Waals surface area contributed by atoms with Crippen LogP contribution >= 0.6 is 22.6 Å². The molecule has 1 atom stereocenters. The van der Waals surface area contributed by atoms with Gasteiger partial charge in [-0.05, 0) is 58.5 Å². The van der Waals surface area contributed by atoms with Crippen LogP contribution in [0.2, 0.25) is 0 Å². The van der Waals surface area contributed by atoms with Crippen molar-refractivity contribution in [2.75, 3.05) is 19.6 Å². The van der Waals surface area contributed by atoms with Crippen LogP contribution in [0.3, 0.4) is 0 Å². The average Bonchev–Trinajstić information content (AvgIpc) is 3.22. The molecule has 0 fully saturated rings. The van der Waals surface area contributed by atoms with Gasteiger partial charge in [0, 0.05) is 18.1 Å². The van der Waals surface area contributed by atoms with E-state index in [0.29, 0.717) is 26.2 Å². The van der Waals surface area contributed by atoms with E-state index < -0.39 is 33.3 Å². The molecule has 0 bridgehead atoms. The third kappa shape index (κ3) is 5.15. The van der Waals surface area contributed by atoms with E-state index in [-0.39, 0.29) is 29.2 Å². The molecule has 0 amide bonds. The minimum absolute atomic E-state index is 0.0436. The van der Waals surface area contributed by atoms with E-state index in [9.17, 15) is 30.1 Å². The summed E-state index contributed by atoms with van der Waals surface area (Å²) < 4.78 is 16.8. The van der Waals surface area contributed by atoms with E-state index in [0.717, 1.165) is 12.1 Å². The van der Waals surface area contributed by atoms with Gasteiger partial charge in [0.15, 0.2) is 11.5 Å². The molecule has 13 nitrogen and oxygen atoms in total. The number of cyclic esters (lactones) is 1. The van der Waals surface area contributed by atoms with E-state index in [1.54, 1.807) is 24.3 Å². The fourth-order valence-corrected chi connectivity index (χ4v) is 4.44. The zero-order chi connectivity index (χ0) is 27.6. The van der Waals surface area contributed by atoms with E-state index in [1.807, 2.05) is 22.6 Å². The molecule has 1 heterocycles. The number of aromatic hydroxyl groups is 1. The van der Waals surface area contributed by atoms with Crippen LogP contribution in [0.15, 0.2) is 53.6 Å². The fourth-order valence-electron chi connectivity index (χ4n) is 3.92. The maximum absolute atomic E-state index is 12.7. The molecule has 196 valence electrons. The van der Waals surface area contributed by atoms with E-state index >= 15 is 0 Å². The Hall–Kier alpha value is -4.47. The molecule has 0 saturated heterocycles. The van der Waals surface area contributed by atoms with Gasteiger partial charge in [0.2, 0.25) is 0 Å². The van der Waals surface area contributed by atoms with Gasteiger partial charge < -0.3 is 19.3 Å². The summed E-state index contributed by atoms with van der Waals surface area (Å²) in [5.74, 6) is 0.0225. The maximum Gasteiger partial charge on any atom is 0.343 e. The molecule has 1 aliphatic heterocycles. The molecule has 0 aromatic heterocycles. The largest absolute Gasteiger partial charge is 0.507 e. The standard InChI is InChI=1S/C24H19IN4O9/c1-36-20-8-5-14-21(38-24(31)22(14)23(20)37-2)11-17(12-3-7-19(30)15(25)9-12)27-26-16-6-4-13(28(32)33)10-18(16)29(34)35/h3-10,21,26,30H,11H2,1-2H3/b27-17-. The van der Waals surface area contributed by atoms with Crippen molar-refractivity contribution >= 4 is 51.3 Å². The van der Waals surface area contributed by atoms with E-state index in [4.69, 9.17) is 14.2 Å². The number of non-ortho nitro benzene ring substituents is 1. The van der Waals surface area contributed by atoms with Gasteiger partial charge in [-0.2, -0.15) is 5.10 Å². The van der Waals surface area contributed by atoms with Crippen LogP contribution in [0.4, 0.5) is 17.1 Å². The number of rotatable bonds is 9. The molecule has 4 rings (SSSR count). The van der Waals surface area contributed by atoms with Crippen LogP contribution < -0.4 is 14.9 Å². The van der Waals surface area contributed by atoms with Gasteiger partial charge in [-0.1, -0.05) is 6.07 Å². The van der Waals surface area contributed by atoms with Gasteiger partial charge in [0.25, 0.3) is 5.69 Å². The monoisotopic (exact) mass is 634 g/mol. The highest BCUT2D eigenvalue weighted by Gasteiger charge is 2.36. The lowest BCUT2D eigenvalue weighted by Crippen LogP contribution is -2.12. The Labute approximate surface area is 228 Å². The van der Waals surface area contributed by atoms with Gasteiger partial charge in [-0.25, -0.2) is 4.79 Å². The van der Waals surface area contributed by atoms with Crippen LogP contribution in [-0.2, 0) is 4.74 Å². The predicted octanol–water partition coefficient (Wildman–Crippen LogP) is 4.95. The number of ether oxygens (including phenoxy) is 3. The average molecular weight is 634 g/mol. The van der Waals surface area contributed by atoms with Crippen LogP contribution in [0.1, 0.15) is 34.0 Å². The number of benzene rings is 3. The maximum atomic E-state index is 12.7. The lowest BCUT2D eigenvalue weighted by Gasteiger charge is -2.15. The quantitative estimate of drug-likeness (QED) is 0.108. The molecular weight excluding hydrogens is 615 g/mol. The highest BCUT2D eigenvalue weighted by molar-refractivity contribution is 14.1. The van der Waals surface area contributed by atoms with E-state index in [2.05, 4.69) is 10.5 Å². The van der Waals surface area contributed by atoms with Crippen molar-refractivity contribution in [2.45, 2.75) is 12.5 Å². The number of nitrogens with zero attached hydrogens (tertiary/aromatic N) is 3. The minimum Gasteiger partial charge on any atom is -0.507 e. The SMILES string of the molecule is COc1ccc2c(c1OC)C(=O)OC2C/C(=N/Nc1ccc([N+](=O)[O-])cc1[N+](=O)[O-])c1ccc(O)c(I)c1. The number of esters is 1. The molecule has 14 heteroatoms. The highest BCUT2D eigenvalue weighted by atomic mass is 127. The first-order chi connectivity index (χ1) is 18.1. The number of hydrogen-bond donors (Lipinski definition) is 2. The Balaban J connectivity index is 1.75. The zero-order valence-electron chi connectivity index (χ0n) is 19.8. The number of hydrazone groups is 1. The van der Waals surface area contributed by atoms with Crippen LogP contribution in [0, 0.1) is 23.8 Å². The number of anilines is 1. The lowest BCUT2D eigenvalue weighted by atomic mass is 9.97. The first-order valence-electron chi connectivity index (χ1n) is 10.8. The number of nitro benzene ring substituents is 2. The fraction of sp³-hybridized carbons (Fsp3) is 0.167. The summed E-state index contributed by atoms with van der Waals surface area (Å²) in [7, 11) is 2.85. The normalized spacial score (nSPS) is 14.4. The number of methoxy groups -OCH3 is 2. The highest BCUT2D eigenvalue weighted by Crippen LogP contribution is 2.43. The molecular formula is C24H19IN4O9.